The summed E-state index contributed by atoms with van der Waals surface area (Å²) in [5, 5.41) is 1.91. The smallest absolute Gasteiger partial charge is 0.230 e. The lowest BCUT2D eigenvalue weighted by atomic mass is 10.2. The zero-order valence-electron chi connectivity index (χ0n) is 18.6. The van der Waals surface area contributed by atoms with Crippen molar-refractivity contribution in [1.29, 1.82) is 0 Å². The Labute approximate surface area is 187 Å². The van der Waals surface area contributed by atoms with Crippen LogP contribution in [0.5, 0.6) is 23.1 Å². The van der Waals surface area contributed by atoms with Crippen LogP contribution in [0, 0.1) is 6.92 Å². The topological polar surface area (TPSA) is 72.5 Å². The van der Waals surface area contributed by atoms with Crippen molar-refractivity contribution in [2.45, 2.75) is 26.2 Å². The average Bonchev–Trinajstić information content (AvgIpc) is 3.46. The normalized spacial score (nSPS) is 14.3. The molecule has 4 aromatic rings. The summed E-state index contributed by atoms with van der Waals surface area (Å²) in [6, 6.07) is 9.75. The van der Waals surface area contributed by atoms with E-state index in [2.05, 4.69) is 26.8 Å². The van der Waals surface area contributed by atoms with Crippen molar-refractivity contribution >= 4 is 21.8 Å². The van der Waals surface area contributed by atoms with Gasteiger partial charge in [-0.3, -0.25) is 0 Å². The molecule has 1 aliphatic rings. The van der Waals surface area contributed by atoms with E-state index in [1.807, 2.05) is 36.5 Å². The first-order valence-electron chi connectivity index (χ1n) is 11.1. The van der Waals surface area contributed by atoms with Gasteiger partial charge in [-0.15, -0.1) is 0 Å². The molecule has 7 nitrogen and oxygen atoms in total. The molecular weight excluding hydrogens is 404 g/mol. The Morgan fingerprint density at radius 2 is 1.91 bits per heavy atom. The number of hydrogen-bond donors (Lipinski definition) is 1. The Hall–Kier alpha value is -3.32. The first kappa shape index (κ1) is 20.6. The number of hydrogen-bond acceptors (Lipinski definition) is 6. The number of benzene rings is 2. The highest BCUT2D eigenvalue weighted by Crippen LogP contribution is 2.36. The van der Waals surface area contributed by atoms with Gasteiger partial charge in [-0.05, 0) is 69.1 Å². The number of fused-ring (bicyclic) bond motifs is 2. The summed E-state index contributed by atoms with van der Waals surface area (Å²) in [6.45, 7) is 6.19. The largest absolute Gasteiger partial charge is 0.493 e. The minimum atomic E-state index is 0.487. The molecule has 0 spiro atoms. The Morgan fingerprint density at radius 3 is 2.75 bits per heavy atom. The van der Waals surface area contributed by atoms with Crippen LogP contribution in [0.15, 0.2) is 42.9 Å². The zero-order chi connectivity index (χ0) is 21.9. The lowest BCUT2D eigenvalue weighted by Gasteiger charge is -2.16. The number of aromatic nitrogens is 3. The average molecular weight is 433 g/mol. The van der Waals surface area contributed by atoms with Crippen LogP contribution in [0.2, 0.25) is 0 Å². The van der Waals surface area contributed by atoms with Crippen LogP contribution in [-0.4, -0.2) is 53.2 Å². The molecule has 0 unspecified atom stereocenters. The highest BCUT2D eigenvalue weighted by molar-refractivity contribution is 5.88. The number of rotatable bonds is 8. The molecule has 1 fully saturated rings. The van der Waals surface area contributed by atoms with E-state index in [4.69, 9.17) is 14.2 Å². The number of ether oxygens (including phenoxy) is 3. The van der Waals surface area contributed by atoms with Gasteiger partial charge in [0.1, 0.15) is 12.1 Å². The van der Waals surface area contributed by atoms with Gasteiger partial charge in [-0.25, -0.2) is 9.97 Å². The highest BCUT2D eigenvalue weighted by atomic mass is 16.5. The molecule has 0 radical (unpaired) electrons. The molecule has 32 heavy (non-hydrogen) atoms. The summed E-state index contributed by atoms with van der Waals surface area (Å²) < 4.78 is 17.8. The maximum absolute atomic E-state index is 6.15. The summed E-state index contributed by atoms with van der Waals surface area (Å²) >= 11 is 0. The molecule has 0 aliphatic carbocycles. The molecule has 1 saturated heterocycles. The molecule has 2 aromatic heterocycles. The number of aryl methyl sites for hydroxylation is 1. The minimum absolute atomic E-state index is 0.487. The van der Waals surface area contributed by atoms with Crippen molar-refractivity contribution in [1.82, 2.24) is 19.9 Å². The Kier molecular flexibility index (Phi) is 5.81. The predicted molar refractivity (Wildman–Crippen MR) is 125 cm³/mol. The molecule has 1 N–H and O–H groups in total. The van der Waals surface area contributed by atoms with Crippen LogP contribution in [0.25, 0.3) is 21.8 Å². The van der Waals surface area contributed by atoms with Gasteiger partial charge in [0.25, 0.3) is 0 Å². The van der Waals surface area contributed by atoms with Crippen LogP contribution in [0.4, 0.5) is 0 Å². The summed E-state index contributed by atoms with van der Waals surface area (Å²) in [5.41, 5.74) is 3.01. The second kappa shape index (κ2) is 9.04. The molecule has 7 heteroatoms. The number of likely N-dealkylation sites (tertiary alicyclic amines) is 1. The summed E-state index contributed by atoms with van der Waals surface area (Å²) in [6.07, 6.45) is 7.11. The fourth-order valence-electron chi connectivity index (χ4n) is 4.28. The van der Waals surface area contributed by atoms with Gasteiger partial charge in [0, 0.05) is 29.7 Å². The Balaban J connectivity index is 1.36. The Bertz CT molecular complexity index is 1230. The minimum Gasteiger partial charge on any atom is -0.493 e. The van der Waals surface area contributed by atoms with Crippen LogP contribution in [-0.2, 0) is 0 Å². The van der Waals surface area contributed by atoms with Crippen molar-refractivity contribution in [2.24, 2.45) is 0 Å². The van der Waals surface area contributed by atoms with Gasteiger partial charge in [-0.2, -0.15) is 0 Å². The number of methoxy groups -OCH3 is 1. The standard InChI is InChI=1S/C25H28N4O3/c1-17-15-26-21-7-6-18(12-19(17)21)32-25-20-13-23(30-2)24(14-22(20)27-16-28-25)31-11-5-10-29-8-3-4-9-29/h6-7,12-16,26H,3-5,8-11H2,1-2H3. The summed E-state index contributed by atoms with van der Waals surface area (Å²) in [5.74, 6) is 2.55. The van der Waals surface area contributed by atoms with Crippen LogP contribution < -0.4 is 14.2 Å². The van der Waals surface area contributed by atoms with Crippen LogP contribution in [0.3, 0.4) is 0 Å². The lowest BCUT2D eigenvalue weighted by molar-refractivity contribution is 0.254. The number of H-pyrrole nitrogens is 1. The third-order valence-corrected chi connectivity index (χ3v) is 6.03. The second-order valence-electron chi connectivity index (χ2n) is 8.23. The zero-order valence-corrected chi connectivity index (χ0v) is 18.6. The first-order valence-corrected chi connectivity index (χ1v) is 11.1. The third-order valence-electron chi connectivity index (χ3n) is 6.03. The number of aromatic amines is 1. The molecule has 0 bridgehead atoms. The van der Waals surface area contributed by atoms with E-state index < -0.39 is 0 Å². The predicted octanol–water partition coefficient (Wildman–Crippen LogP) is 5.09. The monoisotopic (exact) mass is 432 g/mol. The Morgan fingerprint density at radius 1 is 1.03 bits per heavy atom. The molecule has 0 atom stereocenters. The fourth-order valence-corrected chi connectivity index (χ4v) is 4.28. The van der Waals surface area contributed by atoms with Gasteiger partial charge in [0.15, 0.2) is 11.5 Å². The number of nitrogens with zero attached hydrogens (tertiary/aromatic N) is 3. The van der Waals surface area contributed by atoms with Crippen molar-refractivity contribution in [3.05, 3.63) is 48.4 Å². The van der Waals surface area contributed by atoms with E-state index in [-0.39, 0.29) is 0 Å². The molecule has 1 aliphatic heterocycles. The molecule has 5 rings (SSSR count). The maximum atomic E-state index is 6.15. The van der Waals surface area contributed by atoms with Crippen molar-refractivity contribution in [3.63, 3.8) is 0 Å². The molecule has 2 aromatic carbocycles. The van der Waals surface area contributed by atoms with Crippen molar-refractivity contribution in [3.8, 4) is 23.1 Å². The SMILES string of the molecule is COc1cc2c(Oc3ccc4[nH]cc(C)c4c3)ncnc2cc1OCCCN1CCCC1. The van der Waals surface area contributed by atoms with Gasteiger partial charge >= 0.3 is 0 Å². The van der Waals surface area contributed by atoms with E-state index >= 15 is 0 Å². The molecule has 166 valence electrons. The molecule has 0 saturated carbocycles. The highest BCUT2D eigenvalue weighted by Gasteiger charge is 2.15. The van der Waals surface area contributed by atoms with E-state index in [0.29, 0.717) is 24.0 Å². The van der Waals surface area contributed by atoms with E-state index in [1.54, 1.807) is 7.11 Å². The van der Waals surface area contributed by atoms with E-state index in [0.717, 1.165) is 40.5 Å². The van der Waals surface area contributed by atoms with Crippen molar-refractivity contribution in [2.75, 3.05) is 33.4 Å². The second-order valence-corrected chi connectivity index (χ2v) is 8.23. The molecular formula is C25H28N4O3. The van der Waals surface area contributed by atoms with Crippen molar-refractivity contribution < 1.29 is 14.2 Å². The number of nitrogens with one attached hydrogen (secondary N) is 1. The fraction of sp³-hybridized carbons (Fsp3) is 0.360. The lowest BCUT2D eigenvalue weighted by Crippen LogP contribution is -2.21. The van der Waals surface area contributed by atoms with E-state index in [9.17, 15) is 0 Å². The van der Waals surface area contributed by atoms with Gasteiger partial charge in [-0.1, -0.05) is 0 Å². The van der Waals surface area contributed by atoms with Gasteiger partial charge in [0.2, 0.25) is 5.88 Å². The quantitative estimate of drug-likeness (QED) is 0.391. The third kappa shape index (κ3) is 4.21. The van der Waals surface area contributed by atoms with Crippen LogP contribution in [0.1, 0.15) is 24.8 Å². The van der Waals surface area contributed by atoms with Gasteiger partial charge in [0.05, 0.1) is 24.6 Å². The maximum Gasteiger partial charge on any atom is 0.230 e. The molecule has 0 amide bonds. The molecule has 3 heterocycles. The first-order chi connectivity index (χ1) is 15.7. The van der Waals surface area contributed by atoms with E-state index in [1.165, 1.54) is 37.8 Å². The van der Waals surface area contributed by atoms with Gasteiger partial charge < -0.3 is 24.1 Å². The summed E-state index contributed by atoms with van der Waals surface area (Å²) in [7, 11) is 1.64. The van der Waals surface area contributed by atoms with Crippen LogP contribution >= 0.6 is 0 Å². The summed E-state index contributed by atoms with van der Waals surface area (Å²) in [4.78, 5) is 14.5.